The number of hydrogen-bond acceptors (Lipinski definition) is 2. The fraction of sp³-hybridized carbons (Fsp3) is 0.643. The molecule has 1 unspecified atom stereocenters. The first-order valence-electron chi connectivity index (χ1n) is 6.64. The molecule has 1 heterocycles. The van der Waals surface area contributed by atoms with Crippen molar-refractivity contribution in [2.24, 2.45) is 0 Å². The van der Waals surface area contributed by atoms with Crippen LogP contribution >= 0.6 is 0 Å². The van der Waals surface area contributed by atoms with Gasteiger partial charge in [-0.15, -0.1) is 0 Å². The molecule has 0 bridgehead atoms. The predicted octanol–water partition coefficient (Wildman–Crippen LogP) is 1.94. The average molecular weight is 250 g/mol. The molecule has 1 aliphatic carbocycles. The third-order valence-electron chi connectivity index (χ3n) is 3.58. The highest BCUT2D eigenvalue weighted by molar-refractivity contribution is 5.95. The van der Waals surface area contributed by atoms with Crippen LogP contribution in [0.4, 0.5) is 0 Å². The zero-order valence-electron chi connectivity index (χ0n) is 11.4. The standard InChI is InChI=1S/C14H22N2O2/c1-9(6-7-17)15-14(18)13-8-10(2)16(11(13)3)12-4-5-12/h8-9,12,17H,4-7H2,1-3H3,(H,15,18). The first-order chi connectivity index (χ1) is 8.54. The summed E-state index contributed by atoms with van der Waals surface area (Å²) in [7, 11) is 0. The summed E-state index contributed by atoms with van der Waals surface area (Å²) in [6.45, 7) is 6.08. The number of aliphatic hydroxyl groups is 1. The molecule has 1 aliphatic rings. The highest BCUT2D eigenvalue weighted by atomic mass is 16.3. The Bertz CT molecular complexity index is 447. The van der Waals surface area contributed by atoms with Crippen molar-refractivity contribution in [3.8, 4) is 0 Å². The smallest absolute Gasteiger partial charge is 0.253 e. The molecule has 0 spiro atoms. The van der Waals surface area contributed by atoms with Crippen LogP contribution in [-0.2, 0) is 0 Å². The Hall–Kier alpha value is -1.29. The van der Waals surface area contributed by atoms with E-state index in [1.807, 2.05) is 19.9 Å². The molecule has 2 N–H and O–H groups in total. The van der Waals surface area contributed by atoms with Crippen molar-refractivity contribution in [3.63, 3.8) is 0 Å². The van der Waals surface area contributed by atoms with E-state index >= 15 is 0 Å². The van der Waals surface area contributed by atoms with Gasteiger partial charge >= 0.3 is 0 Å². The Morgan fingerprint density at radius 1 is 1.56 bits per heavy atom. The van der Waals surface area contributed by atoms with E-state index in [-0.39, 0.29) is 18.6 Å². The van der Waals surface area contributed by atoms with Gasteiger partial charge in [-0.2, -0.15) is 0 Å². The quantitative estimate of drug-likeness (QED) is 0.839. The van der Waals surface area contributed by atoms with Gasteiger partial charge in [0.15, 0.2) is 0 Å². The maximum absolute atomic E-state index is 12.2. The van der Waals surface area contributed by atoms with Crippen molar-refractivity contribution in [1.82, 2.24) is 9.88 Å². The van der Waals surface area contributed by atoms with Crippen LogP contribution in [-0.4, -0.2) is 28.2 Å². The first-order valence-corrected chi connectivity index (χ1v) is 6.64. The number of rotatable bonds is 5. The Morgan fingerprint density at radius 3 is 2.78 bits per heavy atom. The molecule has 4 nitrogen and oxygen atoms in total. The Kier molecular flexibility index (Phi) is 3.76. The van der Waals surface area contributed by atoms with Crippen molar-refractivity contribution in [3.05, 3.63) is 23.0 Å². The lowest BCUT2D eigenvalue weighted by atomic mass is 10.2. The van der Waals surface area contributed by atoms with Crippen LogP contribution in [0.1, 0.15) is 54.0 Å². The third-order valence-corrected chi connectivity index (χ3v) is 3.58. The van der Waals surface area contributed by atoms with Crippen LogP contribution in [0.2, 0.25) is 0 Å². The molecular weight excluding hydrogens is 228 g/mol. The summed E-state index contributed by atoms with van der Waals surface area (Å²) in [5.41, 5.74) is 2.99. The molecule has 1 fully saturated rings. The summed E-state index contributed by atoms with van der Waals surface area (Å²) in [6.07, 6.45) is 3.03. The van der Waals surface area contributed by atoms with Gasteiger partial charge in [0.1, 0.15) is 0 Å². The number of aryl methyl sites for hydroxylation is 1. The van der Waals surface area contributed by atoms with E-state index in [1.54, 1.807) is 0 Å². The van der Waals surface area contributed by atoms with E-state index in [2.05, 4.69) is 16.8 Å². The van der Waals surface area contributed by atoms with Gasteiger partial charge in [-0.3, -0.25) is 4.79 Å². The summed E-state index contributed by atoms with van der Waals surface area (Å²) in [5, 5.41) is 11.8. The lowest BCUT2D eigenvalue weighted by molar-refractivity contribution is 0.0933. The molecule has 1 aromatic heterocycles. The number of carbonyl (C=O) groups excluding carboxylic acids is 1. The summed E-state index contributed by atoms with van der Waals surface area (Å²) >= 11 is 0. The van der Waals surface area contributed by atoms with Gasteiger partial charge in [0.2, 0.25) is 0 Å². The van der Waals surface area contributed by atoms with Crippen molar-refractivity contribution in [1.29, 1.82) is 0 Å². The summed E-state index contributed by atoms with van der Waals surface area (Å²) in [4.78, 5) is 12.2. The van der Waals surface area contributed by atoms with Gasteiger partial charge in [-0.1, -0.05) is 0 Å². The van der Waals surface area contributed by atoms with Gasteiger partial charge < -0.3 is 15.0 Å². The fourth-order valence-electron chi connectivity index (χ4n) is 2.47. The first kappa shape index (κ1) is 13.1. The van der Waals surface area contributed by atoms with Gasteiger partial charge in [-0.05, 0) is 46.1 Å². The lowest BCUT2D eigenvalue weighted by Crippen LogP contribution is -2.33. The number of carbonyl (C=O) groups is 1. The zero-order valence-corrected chi connectivity index (χ0v) is 11.4. The topological polar surface area (TPSA) is 54.3 Å². The predicted molar refractivity (Wildman–Crippen MR) is 70.8 cm³/mol. The highest BCUT2D eigenvalue weighted by Gasteiger charge is 2.28. The Balaban J connectivity index is 2.13. The lowest BCUT2D eigenvalue weighted by Gasteiger charge is -2.12. The third kappa shape index (κ3) is 2.58. The number of aromatic nitrogens is 1. The largest absolute Gasteiger partial charge is 0.396 e. The number of nitrogens with zero attached hydrogens (tertiary/aromatic N) is 1. The minimum Gasteiger partial charge on any atom is -0.396 e. The van der Waals surface area contributed by atoms with Crippen molar-refractivity contribution < 1.29 is 9.90 Å². The van der Waals surface area contributed by atoms with E-state index in [9.17, 15) is 4.79 Å². The number of nitrogens with one attached hydrogen (secondary N) is 1. The van der Waals surface area contributed by atoms with E-state index < -0.39 is 0 Å². The van der Waals surface area contributed by atoms with E-state index in [1.165, 1.54) is 12.8 Å². The summed E-state index contributed by atoms with van der Waals surface area (Å²) in [5.74, 6) is -0.0315. The Morgan fingerprint density at radius 2 is 2.22 bits per heavy atom. The Labute approximate surface area is 108 Å². The minimum absolute atomic E-state index is 0.00600. The second-order valence-corrected chi connectivity index (χ2v) is 5.27. The van der Waals surface area contributed by atoms with Gasteiger partial charge in [0, 0.05) is 30.1 Å². The van der Waals surface area contributed by atoms with Crippen LogP contribution in [0, 0.1) is 13.8 Å². The van der Waals surface area contributed by atoms with Gasteiger partial charge in [0.25, 0.3) is 5.91 Å². The summed E-state index contributed by atoms with van der Waals surface area (Å²) in [6, 6.07) is 2.57. The van der Waals surface area contributed by atoms with E-state index in [0.717, 1.165) is 17.0 Å². The van der Waals surface area contributed by atoms with Gasteiger partial charge in [-0.25, -0.2) is 0 Å². The maximum atomic E-state index is 12.2. The van der Waals surface area contributed by atoms with Crippen molar-refractivity contribution in [2.45, 2.75) is 52.1 Å². The van der Waals surface area contributed by atoms with E-state index in [4.69, 9.17) is 5.11 Å². The molecule has 100 valence electrons. The summed E-state index contributed by atoms with van der Waals surface area (Å²) < 4.78 is 2.27. The minimum atomic E-state index is -0.0315. The molecule has 0 radical (unpaired) electrons. The molecule has 4 heteroatoms. The van der Waals surface area contributed by atoms with Crippen LogP contribution < -0.4 is 5.32 Å². The number of aliphatic hydroxyl groups excluding tert-OH is 1. The van der Waals surface area contributed by atoms with Gasteiger partial charge in [0.05, 0.1) is 5.56 Å². The molecule has 1 amide bonds. The highest BCUT2D eigenvalue weighted by Crippen LogP contribution is 2.38. The molecule has 18 heavy (non-hydrogen) atoms. The molecule has 1 aromatic rings. The zero-order chi connectivity index (χ0) is 13.3. The molecule has 0 aliphatic heterocycles. The average Bonchev–Trinajstić information content (AvgIpc) is 3.06. The molecule has 1 atom stereocenters. The number of hydrogen-bond donors (Lipinski definition) is 2. The van der Waals surface area contributed by atoms with Crippen LogP contribution in [0.5, 0.6) is 0 Å². The van der Waals surface area contributed by atoms with Crippen LogP contribution in [0.3, 0.4) is 0 Å². The van der Waals surface area contributed by atoms with Crippen molar-refractivity contribution >= 4 is 5.91 Å². The normalized spacial score (nSPS) is 16.7. The number of amides is 1. The maximum Gasteiger partial charge on any atom is 0.253 e. The molecule has 0 aromatic carbocycles. The molecular formula is C14H22N2O2. The molecule has 1 saturated carbocycles. The van der Waals surface area contributed by atoms with Crippen LogP contribution in [0.15, 0.2) is 6.07 Å². The SMILES string of the molecule is Cc1cc(C(=O)NC(C)CCO)c(C)n1C1CC1. The van der Waals surface area contributed by atoms with Crippen molar-refractivity contribution in [2.75, 3.05) is 6.61 Å². The van der Waals surface area contributed by atoms with E-state index in [0.29, 0.717) is 12.5 Å². The molecule has 0 saturated heterocycles. The fourth-order valence-corrected chi connectivity index (χ4v) is 2.47. The molecule has 2 rings (SSSR count). The monoisotopic (exact) mass is 250 g/mol. The second kappa shape index (κ2) is 5.14. The van der Waals surface area contributed by atoms with Crippen LogP contribution in [0.25, 0.3) is 0 Å². The second-order valence-electron chi connectivity index (χ2n) is 5.27.